The summed E-state index contributed by atoms with van der Waals surface area (Å²) in [5, 5.41) is 0. The second-order valence-corrected chi connectivity index (χ2v) is 9.52. The highest BCUT2D eigenvalue weighted by atomic mass is 16.5. The van der Waals surface area contributed by atoms with Gasteiger partial charge in [-0.25, -0.2) is 0 Å². The van der Waals surface area contributed by atoms with Crippen molar-refractivity contribution in [1.82, 2.24) is 0 Å². The summed E-state index contributed by atoms with van der Waals surface area (Å²) in [4.78, 5) is 0. The van der Waals surface area contributed by atoms with Gasteiger partial charge in [-0.3, -0.25) is 0 Å². The lowest BCUT2D eigenvalue weighted by Crippen LogP contribution is -2.21. The van der Waals surface area contributed by atoms with Gasteiger partial charge in [-0.2, -0.15) is 0 Å². The van der Waals surface area contributed by atoms with Gasteiger partial charge in [0.1, 0.15) is 11.5 Å². The summed E-state index contributed by atoms with van der Waals surface area (Å²) in [6.45, 7) is 15.6. The molecule has 0 bridgehead atoms. The number of methoxy groups -OCH3 is 2. The highest BCUT2D eigenvalue weighted by Crippen LogP contribution is 2.48. The molecule has 0 amide bonds. The van der Waals surface area contributed by atoms with Crippen LogP contribution in [-0.4, -0.2) is 14.2 Å². The highest BCUT2D eigenvalue weighted by molar-refractivity contribution is 5.54. The molecule has 0 aromatic heterocycles. The molecular formula is C27H42O2. The van der Waals surface area contributed by atoms with Crippen LogP contribution in [0, 0.1) is 5.92 Å². The number of hydrogen-bond donors (Lipinski definition) is 0. The fourth-order valence-corrected chi connectivity index (χ4v) is 4.70. The van der Waals surface area contributed by atoms with Crippen molar-refractivity contribution < 1.29 is 9.47 Å². The quantitative estimate of drug-likeness (QED) is 0.294. The Morgan fingerprint density at radius 1 is 1.10 bits per heavy atom. The number of ether oxygens (including phenoxy) is 2. The van der Waals surface area contributed by atoms with Gasteiger partial charge in [0.15, 0.2) is 0 Å². The van der Waals surface area contributed by atoms with E-state index in [0.29, 0.717) is 5.92 Å². The van der Waals surface area contributed by atoms with Crippen LogP contribution in [0.3, 0.4) is 0 Å². The molecule has 0 radical (unpaired) electrons. The van der Waals surface area contributed by atoms with Gasteiger partial charge in [-0.15, -0.1) is 0 Å². The van der Waals surface area contributed by atoms with E-state index in [-0.39, 0.29) is 11.3 Å². The Morgan fingerprint density at radius 2 is 1.72 bits per heavy atom. The molecule has 0 unspecified atom stereocenters. The van der Waals surface area contributed by atoms with Crippen molar-refractivity contribution in [2.45, 2.75) is 90.9 Å². The molecule has 1 aliphatic rings. The molecule has 2 nitrogen and oxygen atoms in total. The van der Waals surface area contributed by atoms with Gasteiger partial charge < -0.3 is 9.47 Å². The molecule has 0 fully saturated rings. The molecule has 1 aliphatic carbocycles. The summed E-state index contributed by atoms with van der Waals surface area (Å²) in [5.41, 5.74) is 5.25. The molecular weight excluding hydrogens is 356 g/mol. The molecule has 0 saturated carbocycles. The Bertz CT molecular complexity index is 701. The van der Waals surface area contributed by atoms with E-state index in [9.17, 15) is 0 Å². The number of rotatable bonds is 10. The van der Waals surface area contributed by atoms with Crippen molar-refractivity contribution in [2.75, 3.05) is 14.2 Å². The minimum absolute atomic E-state index is 0.0961. The van der Waals surface area contributed by atoms with E-state index < -0.39 is 0 Å². The fourth-order valence-electron chi connectivity index (χ4n) is 4.70. The first-order chi connectivity index (χ1) is 13.7. The van der Waals surface area contributed by atoms with Gasteiger partial charge in [0, 0.05) is 11.5 Å². The Hall–Kier alpha value is -1.70. The molecule has 162 valence electrons. The summed E-state index contributed by atoms with van der Waals surface area (Å²) in [6, 6.07) is 4.51. The van der Waals surface area contributed by atoms with Gasteiger partial charge >= 0.3 is 0 Å². The van der Waals surface area contributed by atoms with Crippen LogP contribution >= 0.6 is 0 Å². The first kappa shape index (κ1) is 23.6. The van der Waals surface area contributed by atoms with Crippen LogP contribution in [-0.2, 0) is 5.41 Å². The zero-order chi connectivity index (χ0) is 21.6. The third kappa shape index (κ3) is 5.68. The summed E-state index contributed by atoms with van der Waals surface area (Å²) in [6.07, 6.45) is 11.0. The van der Waals surface area contributed by atoms with Crippen molar-refractivity contribution in [3.63, 3.8) is 0 Å². The molecule has 2 atom stereocenters. The monoisotopic (exact) mass is 398 g/mol. The van der Waals surface area contributed by atoms with E-state index in [1.807, 2.05) is 0 Å². The van der Waals surface area contributed by atoms with Crippen molar-refractivity contribution in [1.29, 1.82) is 0 Å². The van der Waals surface area contributed by atoms with E-state index in [0.717, 1.165) is 24.3 Å². The maximum absolute atomic E-state index is 5.94. The standard InChI is InChI=1S/C27H42O2/c1-9-10-11-12-15-27(5,6)21-17-24(28-7)26(25(18-21)29-8)23-16-20(4)13-14-22(23)19(2)3/h16-18,22-23H,2,9-15H2,1,3-8H3/t22-,23+/m1/s1. The molecule has 2 heteroatoms. The Labute approximate surface area is 179 Å². The highest BCUT2D eigenvalue weighted by Gasteiger charge is 2.32. The molecule has 0 heterocycles. The van der Waals surface area contributed by atoms with E-state index in [1.165, 1.54) is 54.4 Å². The van der Waals surface area contributed by atoms with Crippen molar-refractivity contribution in [3.05, 3.63) is 47.1 Å². The average Bonchev–Trinajstić information content (AvgIpc) is 2.69. The lowest BCUT2D eigenvalue weighted by Gasteiger charge is -2.34. The minimum atomic E-state index is 0.0961. The largest absolute Gasteiger partial charge is 0.496 e. The van der Waals surface area contributed by atoms with Crippen LogP contribution < -0.4 is 9.47 Å². The van der Waals surface area contributed by atoms with E-state index in [1.54, 1.807) is 14.2 Å². The van der Waals surface area contributed by atoms with E-state index in [4.69, 9.17) is 9.47 Å². The number of hydrogen-bond acceptors (Lipinski definition) is 2. The summed E-state index contributed by atoms with van der Waals surface area (Å²) < 4.78 is 11.9. The van der Waals surface area contributed by atoms with Crippen LogP contribution in [0.4, 0.5) is 0 Å². The summed E-state index contributed by atoms with van der Waals surface area (Å²) >= 11 is 0. The van der Waals surface area contributed by atoms with E-state index >= 15 is 0 Å². The van der Waals surface area contributed by atoms with Gasteiger partial charge in [-0.1, -0.05) is 70.3 Å². The summed E-state index contributed by atoms with van der Waals surface area (Å²) in [7, 11) is 3.57. The third-order valence-corrected chi connectivity index (χ3v) is 6.69. The number of unbranched alkanes of at least 4 members (excludes halogenated alkanes) is 3. The van der Waals surface area contributed by atoms with Crippen molar-refractivity contribution >= 4 is 0 Å². The first-order valence-corrected chi connectivity index (χ1v) is 11.3. The zero-order valence-corrected chi connectivity index (χ0v) is 19.9. The second-order valence-electron chi connectivity index (χ2n) is 9.52. The maximum atomic E-state index is 5.94. The van der Waals surface area contributed by atoms with Crippen LogP contribution in [0.5, 0.6) is 11.5 Å². The maximum Gasteiger partial charge on any atom is 0.126 e. The lowest BCUT2D eigenvalue weighted by molar-refractivity contribution is 0.363. The van der Waals surface area contributed by atoms with Gasteiger partial charge in [0.05, 0.1) is 14.2 Å². The summed E-state index contributed by atoms with van der Waals surface area (Å²) in [5.74, 6) is 2.58. The van der Waals surface area contributed by atoms with Crippen molar-refractivity contribution in [2.24, 2.45) is 5.92 Å². The number of allylic oxidation sites excluding steroid dienone is 3. The third-order valence-electron chi connectivity index (χ3n) is 6.69. The van der Waals surface area contributed by atoms with E-state index in [2.05, 4.69) is 59.4 Å². The Balaban J connectivity index is 2.47. The first-order valence-electron chi connectivity index (χ1n) is 11.3. The predicted molar refractivity (Wildman–Crippen MR) is 125 cm³/mol. The van der Waals surface area contributed by atoms with Gasteiger partial charge in [0.2, 0.25) is 0 Å². The van der Waals surface area contributed by atoms with Gasteiger partial charge in [0.25, 0.3) is 0 Å². The number of benzene rings is 1. The van der Waals surface area contributed by atoms with Crippen LogP contribution in [0.15, 0.2) is 35.9 Å². The minimum Gasteiger partial charge on any atom is -0.496 e. The van der Waals surface area contributed by atoms with Crippen LogP contribution in [0.1, 0.15) is 96.6 Å². The molecule has 0 N–H and O–H groups in total. The molecule has 1 aromatic carbocycles. The molecule has 0 aliphatic heterocycles. The SMILES string of the molecule is C=C(C)[C@H]1CCC(C)=C[C@@H]1c1c(OC)cc(C(C)(C)CCCCCC)cc1OC. The molecule has 2 rings (SSSR count). The van der Waals surface area contributed by atoms with Crippen LogP contribution in [0.25, 0.3) is 0 Å². The van der Waals surface area contributed by atoms with Crippen molar-refractivity contribution in [3.8, 4) is 11.5 Å². The smallest absolute Gasteiger partial charge is 0.126 e. The fraction of sp³-hybridized carbons (Fsp3) is 0.630. The Kier molecular flexibility index (Phi) is 8.43. The van der Waals surface area contributed by atoms with Gasteiger partial charge in [-0.05, 0) is 62.1 Å². The molecule has 0 spiro atoms. The molecule has 1 aromatic rings. The Morgan fingerprint density at radius 3 is 2.24 bits per heavy atom. The molecule has 29 heavy (non-hydrogen) atoms. The lowest BCUT2D eigenvalue weighted by atomic mass is 9.72. The topological polar surface area (TPSA) is 18.5 Å². The molecule has 0 saturated heterocycles. The van der Waals surface area contributed by atoms with Crippen LogP contribution in [0.2, 0.25) is 0 Å². The average molecular weight is 399 g/mol. The second kappa shape index (κ2) is 10.4. The normalized spacial score (nSPS) is 19.6. The zero-order valence-electron chi connectivity index (χ0n) is 19.9. The predicted octanol–water partition coefficient (Wildman–Crippen LogP) is 7.97.